The molecule has 4 nitrogen and oxygen atoms in total. The lowest BCUT2D eigenvalue weighted by molar-refractivity contribution is -0.148. The third-order valence-electron chi connectivity index (χ3n) is 0.992. The fraction of sp³-hybridized carbons (Fsp3) is 0.900. The Hall–Kier alpha value is -0.610. The highest BCUT2D eigenvalue weighted by Crippen LogP contribution is 1.95. The number of esters is 1. The van der Waals surface area contributed by atoms with Gasteiger partial charge >= 0.3 is 5.97 Å². The zero-order valence-electron chi connectivity index (χ0n) is 9.91. The van der Waals surface area contributed by atoms with Crippen molar-refractivity contribution < 1.29 is 19.7 Å². The summed E-state index contributed by atoms with van der Waals surface area (Å²) in [5, 5.41) is 15.5. The summed E-state index contributed by atoms with van der Waals surface area (Å²) in [5.41, 5.74) is 0. The second-order valence-electron chi connectivity index (χ2n) is 2.53. The summed E-state index contributed by atoms with van der Waals surface area (Å²) in [6.45, 7) is 7.35. The zero-order chi connectivity index (χ0) is 12.0. The first-order valence-electron chi connectivity index (χ1n) is 4.85. The van der Waals surface area contributed by atoms with Gasteiger partial charge < -0.3 is 14.9 Å². The monoisotopic (exact) mass is 208 g/mol. The number of carbonyl (C=O) groups is 1. The Morgan fingerprint density at radius 2 is 1.64 bits per heavy atom. The van der Waals surface area contributed by atoms with Gasteiger partial charge in [0.25, 0.3) is 0 Å². The Balaban J connectivity index is -0.000000205. The Morgan fingerprint density at radius 1 is 1.29 bits per heavy atom. The highest BCUT2D eigenvalue weighted by Gasteiger charge is 2.05. The Labute approximate surface area is 86.9 Å². The van der Waals surface area contributed by atoms with Gasteiger partial charge in [0, 0.05) is 14.0 Å². The van der Waals surface area contributed by atoms with E-state index in [0.717, 1.165) is 7.11 Å². The van der Waals surface area contributed by atoms with E-state index in [1.807, 2.05) is 6.92 Å². The van der Waals surface area contributed by atoms with E-state index in [9.17, 15) is 4.79 Å². The quantitative estimate of drug-likeness (QED) is 0.687. The van der Waals surface area contributed by atoms with E-state index in [4.69, 9.17) is 10.2 Å². The molecule has 0 aromatic rings. The third-order valence-corrected chi connectivity index (χ3v) is 0.992. The molecule has 1 unspecified atom stereocenters. The zero-order valence-corrected chi connectivity index (χ0v) is 9.91. The normalized spacial score (nSPS) is 9.93. The van der Waals surface area contributed by atoms with E-state index in [0.29, 0.717) is 6.42 Å². The minimum absolute atomic E-state index is 0.0872. The molecule has 0 radical (unpaired) electrons. The van der Waals surface area contributed by atoms with Crippen LogP contribution >= 0.6 is 0 Å². The molecule has 4 heteroatoms. The van der Waals surface area contributed by atoms with Crippen molar-refractivity contribution in [3.05, 3.63) is 0 Å². The summed E-state index contributed by atoms with van der Waals surface area (Å²) in [6, 6.07) is 0. The molecule has 0 aliphatic heterocycles. The molecule has 14 heavy (non-hydrogen) atoms. The molecule has 0 aromatic carbocycles. The molecule has 88 valence electrons. The molecule has 0 aliphatic carbocycles. The van der Waals surface area contributed by atoms with Crippen LogP contribution in [-0.4, -0.2) is 36.0 Å². The van der Waals surface area contributed by atoms with Gasteiger partial charge in [0.2, 0.25) is 0 Å². The molecule has 0 rings (SSSR count). The molecular formula is C10H24O4. The Bertz CT molecular complexity index is 100. The van der Waals surface area contributed by atoms with Crippen LogP contribution in [0.1, 0.15) is 40.5 Å². The summed E-state index contributed by atoms with van der Waals surface area (Å²) >= 11 is 0. The second kappa shape index (κ2) is 18.2. The summed E-state index contributed by atoms with van der Waals surface area (Å²) in [5.74, 6) is -0.337. The first-order chi connectivity index (χ1) is 6.62. The van der Waals surface area contributed by atoms with Crippen LogP contribution in [0, 0.1) is 0 Å². The maximum Gasteiger partial charge on any atom is 0.302 e. The van der Waals surface area contributed by atoms with Crippen molar-refractivity contribution in [1.82, 2.24) is 0 Å². The molecule has 0 saturated heterocycles. The van der Waals surface area contributed by atoms with Crippen molar-refractivity contribution in [2.75, 3.05) is 13.7 Å². The van der Waals surface area contributed by atoms with Gasteiger partial charge in [-0.3, -0.25) is 4.79 Å². The standard InChI is InChI=1S/C6H12O3.C3H8.CH4O/c1-3-6(4-7)9-5(2)8;1-3-2;1-2/h6-7H,3-4H2,1-2H3;3H2,1-2H3;2H,1H3. The predicted octanol–water partition coefficient (Wildman–Crippen LogP) is 1.35. The molecule has 1 atom stereocenters. The highest BCUT2D eigenvalue weighted by molar-refractivity contribution is 5.66. The second-order valence-corrected chi connectivity index (χ2v) is 2.53. The molecule has 0 spiro atoms. The van der Waals surface area contributed by atoms with Gasteiger partial charge in [0.15, 0.2) is 0 Å². The predicted molar refractivity (Wildman–Crippen MR) is 57.0 cm³/mol. The lowest BCUT2D eigenvalue weighted by Gasteiger charge is -2.10. The van der Waals surface area contributed by atoms with Crippen molar-refractivity contribution in [1.29, 1.82) is 0 Å². The molecule has 0 fully saturated rings. The van der Waals surface area contributed by atoms with Crippen molar-refractivity contribution in [3.8, 4) is 0 Å². The number of rotatable bonds is 3. The smallest absolute Gasteiger partial charge is 0.302 e. The lowest BCUT2D eigenvalue weighted by atomic mass is 10.3. The number of aliphatic hydroxyl groups excluding tert-OH is 2. The molecule has 0 saturated carbocycles. The van der Waals surface area contributed by atoms with Gasteiger partial charge in [-0.1, -0.05) is 27.2 Å². The first kappa shape index (κ1) is 19.0. The molecule has 0 amide bonds. The molecule has 0 aromatic heterocycles. The molecule has 0 heterocycles. The summed E-state index contributed by atoms with van der Waals surface area (Å²) in [6.07, 6.45) is 1.60. The number of ether oxygens (including phenoxy) is 1. The Kier molecular flexibility index (Phi) is 24.8. The van der Waals surface area contributed by atoms with Gasteiger partial charge in [0.1, 0.15) is 6.10 Å². The number of carbonyl (C=O) groups excluding carboxylic acids is 1. The van der Waals surface area contributed by atoms with E-state index in [2.05, 4.69) is 18.6 Å². The highest BCUT2D eigenvalue weighted by atomic mass is 16.5. The van der Waals surface area contributed by atoms with Crippen LogP contribution in [0.25, 0.3) is 0 Å². The molecule has 0 bridgehead atoms. The van der Waals surface area contributed by atoms with Crippen LogP contribution in [-0.2, 0) is 9.53 Å². The van der Waals surface area contributed by atoms with Gasteiger partial charge in [-0.2, -0.15) is 0 Å². The first-order valence-corrected chi connectivity index (χ1v) is 4.85. The number of hydrogen-bond acceptors (Lipinski definition) is 4. The third kappa shape index (κ3) is 22.5. The van der Waals surface area contributed by atoms with E-state index in [1.165, 1.54) is 13.3 Å². The molecule has 2 N–H and O–H groups in total. The summed E-state index contributed by atoms with van der Waals surface area (Å²) in [7, 11) is 1.00. The molecule has 0 aliphatic rings. The number of aliphatic hydroxyl groups is 2. The fourth-order valence-corrected chi connectivity index (χ4v) is 0.484. The van der Waals surface area contributed by atoms with E-state index >= 15 is 0 Å². The summed E-state index contributed by atoms with van der Waals surface area (Å²) in [4.78, 5) is 10.2. The lowest BCUT2D eigenvalue weighted by Crippen LogP contribution is -2.18. The van der Waals surface area contributed by atoms with Crippen LogP contribution < -0.4 is 0 Å². The molecular weight excluding hydrogens is 184 g/mol. The average Bonchev–Trinajstić information content (AvgIpc) is 2.18. The van der Waals surface area contributed by atoms with E-state index in [1.54, 1.807) is 0 Å². The van der Waals surface area contributed by atoms with Crippen LogP contribution in [0.5, 0.6) is 0 Å². The van der Waals surface area contributed by atoms with E-state index < -0.39 is 0 Å². The average molecular weight is 208 g/mol. The van der Waals surface area contributed by atoms with Crippen molar-refractivity contribution in [3.63, 3.8) is 0 Å². The van der Waals surface area contributed by atoms with Crippen LogP contribution in [0.15, 0.2) is 0 Å². The fourth-order valence-electron chi connectivity index (χ4n) is 0.484. The van der Waals surface area contributed by atoms with E-state index in [-0.39, 0.29) is 18.7 Å². The topological polar surface area (TPSA) is 66.8 Å². The van der Waals surface area contributed by atoms with Gasteiger partial charge in [-0.05, 0) is 6.42 Å². The number of hydrogen-bond donors (Lipinski definition) is 2. The van der Waals surface area contributed by atoms with Gasteiger partial charge in [0.05, 0.1) is 6.61 Å². The maximum atomic E-state index is 10.2. The van der Waals surface area contributed by atoms with Crippen LogP contribution in [0.3, 0.4) is 0 Å². The minimum Gasteiger partial charge on any atom is -0.460 e. The van der Waals surface area contributed by atoms with Crippen LogP contribution in [0.2, 0.25) is 0 Å². The Morgan fingerprint density at radius 3 is 1.71 bits per heavy atom. The van der Waals surface area contributed by atoms with Gasteiger partial charge in [-0.15, -0.1) is 0 Å². The van der Waals surface area contributed by atoms with Gasteiger partial charge in [-0.25, -0.2) is 0 Å². The largest absolute Gasteiger partial charge is 0.460 e. The maximum absolute atomic E-state index is 10.2. The summed E-state index contributed by atoms with van der Waals surface area (Å²) < 4.78 is 4.66. The van der Waals surface area contributed by atoms with Crippen molar-refractivity contribution in [2.45, 2.75) is 46.6 Å². The van der Waals surface area contributed by atoms with Crippen molar-refractivity contribution in [2.24, 2.45) is 0 Å². The van der Waals surface area contributed by atoms with Crippen LogP contribution in [0.4, 0.5) is 0 Å². The minimum atomic E-state index is -0.337. The SMILES string of the molecule is CCC.CCC(CO)OC(C)=O.CO. The van der Waals surface area contributed by atoms with Crippen molar-refractivity contribution >= 4 is 5.97 Å².